The number of rotatable bonds is 9. The fourth-order valence-corrected chi connectivity index (χ4v) is 4.08. The van der Waals surface area contributed by atoms with Gasteiger partial charge in [-0.2, -0.15) is 0 Å². The Morgan fingerprint density at radius 1 is 0.971 bits per heavy atom. The number of Topliss-reactive ketones (excluding diaryl/α,β-unsaturated/α-hetero) is 1. The first-order chi connectivity index (χ1) is 16.6. The molecule has 0 saturated carbocycles. The zero-order valence-electron chi connectivity index (χ0n) is 20.2. The molecule has 1 aliphatic heterocycles. The van der Waals surface area contributed by atoms with E-state index in [2.05, 4.69) is 20.9 Å². The van der Waals surface area contributed by atoms with Crippen molar-refractivity contribution in [3.8, 4) is 0 Å². The van der Waals surface area contributed by atoms with E-state index in [1.165, 1.54) is 6.92 Å². The number of imide groups is 1. The SMILES string of the molecule is Cc1cccc(C(=O)N[C@@H](CC(=O)N[C@@H](C(=O)[C@@H]2C(=O)NC(=O)[C@@H]2C)C(C)C)c2ccccc2)n1. The van der Waals surface area contributed by atoms with Gasteiger partial charge in [0.05, 0.1) is 24.4 Å². The van der Waals surface area contributed by atoms with Crippen LogP contribution in [0.25, 0.3) is 0 Å². The zero-order valence-corrected chi connectivity index (χ0v) is 20.2. The molecule has 9 heteroatoms. The number of aryl methyl sites for hydroxylation is 1. The third kappa shape index (κ3) is 6.17. The smallest absolute Gasteiger partial charge is 0.270 e. The lowest BCUT2D eigenvalue weighted by atomic mass is 9.85. The summed E-state index contributed by atoms with van der Waals surface area (Å²) in [5.74, 6) is -4.82. The molecular formula is C26H30N4O5. The Balaban J connectivity index is 1.77. The van der Waals surface area contributed by atoms with Crippen LogP contribution in [0, 0.1) is 24.7 Å². The molecule has 1 aromatic carbocycles. The number of hydrogen-bond acceptors (Lipinski definition) is 6. The molecule has 0 bridgehead atoms. The number of carbonyl (C=O) groups is 5. The molecule has 1 fully saturated rings. The molecular weight excluding hydrogens is 448 g/mol. The summed E-state index contributed by atoms with van der Waals surface area (Å²) >= 11 is 0. The molecule has 2 aromatic rings. The first-order valence-corrected chi connectivity index (χ1v) is 11.6. The van der Waals surface area contributed by atoms with Gasteiger partial charge in [0, 0.05) is 5.69 Å². The van der Waals surface area contributed by atoms with Gasteiger partial charge >= 0.3 is 0 Å². The molecule has 9 nitrogen and oxygen atoms in total. The topological polar surface area (TPSA) is 134 Å². The van der Waals surface area contributed by atoms with Crippen molar-refractivity contribution in [3.63, 3.8) is 0 Å². The van der Waals surface area contributed by atoms with E-state index < -0.39 is 53.3 Å². The Labute approximate surface area is 204 Å². The van der Waals surface area contributed by atoms with Crippen LogP contribution in [0.2, 0.25) is 0 Å². The van der Waals surface area contributed by atoms with Crippen LogP contribution >= 0.6 is 0 Å². The zero-order chi connectivity index (χ0) is 25.7. The number of aromatic nitrogens is 1. The Morgan fingerprint density at radius 3 is 2.23 bits per heavy atom. The molecule has 0 unspecified atom stereocenters. The van der Waals surface area contributed by atoms with Crippen molar-refractivity contribution in [2.24, 2.45) is 17.8 Å². The standard InChI is InChI=1S/C26H30N4O5/c1-14(2)22(23(32)21-16(4)24(33)30-26(21)35)29-20(31)13-19(17-10-6-5-7-11-17)28-25(34)18-12-8-9-15(3)27-18/h5-12,14,16,19,21-22H,13H2,1-4H3,(H,28,34)(H,29,31)(H,30,33,35)/t16-,19+,21-,22-/m1/s1. The summed E-state index contributed by atoms with van der Waals surface area (Å²) < 4.78 is 0. The number of nitrogens with one attached hydrogen (secondary N) is 3. The molecule has 35 heavy (non-hydrogen) atoms. The molecule has 0 spiro atoms. The summed E-state index contributed by atoms with van der Waals surface area (Å²) in [4.78, 5) is 67.3. The summed E-state index contributed by atoms with van der Waals surface area (Å²) in [7, 11) is 0. The van der Waals surface area contributed by atoms with E-state index in [0.29, 0.717) is 11.3 Å². The van der Waals surface area contributed by atoms with E-state index in [4.69, 9.17) is 0 Å². The minimum atomic E-state index is -1.15. The molecule has 2 heterocycles. The maximum absolute atomic E-state index is 13.1. The highest BCUT2D eigenvalue weighted by Gasteiger charge is 2.46. The van der Waals surface area contributed by atoms with E-state index in [-0.39, 0.29) is 18.0 Å². The third-order valence-corrected chi connectivity index (χ3v) is 6.06. The molecule has 184 valence electrons. The van der Waals surface area contributed by atoms with E-state index in [1.54, 1.807) is 63.2 Å². The largest absolute Gasteiger partial charge is 0.346 e. The Bertz CT molecular complexity index is 1130. The van der Waals surface area contributed by atoms with Crippen LogP contribution < -0.4 is 16.0 Å². The second-order valence-electron chi connectivity index (χ2n) is 9.12. The summed E-state index contributed by atoms with van der Waals surface area (Å²) in [5.41, 5.74) is 1.63. The number of amides is 4. The summed E-state index contributed by atoms with van der Waals surface area (Å²) in [6, 6.07) is 12.5. The molecule has 3 rings (SSSR count). The normalized spacial score (nSPS) is 19.1. The van der Waals surface area contributed by atoms with Gasteiger partial charge in [-0.25, -0.2) is 4.98 Å². The summed E-state index contributed by atoms with van der Waals surface area (Å²) in [6.07, 6.45) is -0.135. The van der Waals surface area contributed by atoms with Crippen LogP contribution in [0.1, 0.15) is 55.0 Å². The highest BCUT2D eigenvalue weighted by molar-refractivity contribution is 6.16. The summed E-state index contributed by atoms with van der Waals surface area (Å²) in [6.45, 7) is 6.80. The minimum absolute atomic E-state index is 0.135. The van der Waals surface area contributed by atoms with Crippen molar-refractivity contribution in [1.29, 1.82) is 0 Å². The fourth-order valence-electron chi connectivity index (χ4n) is 4.08. The quantitative estimate of drug-likeness (QED) is 0.372. The van der Waals surface area contributed by atoms with Gasteiger partial charge in [0.2, 0.25) is 17.7 Å². The van der Waals surface area contributed by atoms with Crippen LogP contribution in [-0.4, -0.2) is 40.4 Å². The average Bonchev–Trinajstić information content (AvgIpc) is 3.07. The first-order valence-electron chi connectivity index (χ1n) is 11.6. The van der Waals surface area contributed by atoms with Gasteiger partial charge in [0.1, 0.15) is 11.6 Å². The molecule has 3 N–H and O–H groups in total. The molecule has 4 amide bonds. The molecule has 1 aliphatic rings. The molecule has 0 aliphatic carbocycles. The predicted molar refractivity (Wildman–Crippen MR) is 128 cm³/mol. The van der Waals surface area contributed by atoms with Gasteiger partial charge in [-0.3, -0.25) is 29.3 Å². The maximum Gasteiger partial charge on any atom is 0.270 e. The van der Waals surface area contributed by atoms with Crippen molar-refractivity contribution in [1.82, 2.24) is 20.9 Å². The molecule has 1 saturated heterocycles. The van der Waals surface area contributed by atoms with Gasteiger partial charge in [0.25, 0.3) is 5.91 Å². The fraction of sp³-hybridized carbons (Fsp3) is 0.385. The number of nitrogens with zero attached hydrogens (tertiary/aromatic N) is 1. The Kier molecular flexibility index (Phi) is 8.11. The highest BCUT2D eigenvalue weighted by atomic mass is 16.2. The van der Waals surface area contributed by atoms with Crippen LogP contribution in [0.15, 0.2) is 48.5 Å². The van der Waals surface area contributed by atoms with Crippen molar-refractivity contribution < 1.29 is 24.0 Å². The van der Waals surface area contributed by atoms with Crippen molar-refractivity contribution >= 4 is 29.4 Å². The van der Waals surface area contributed by atoms with E-state index >= 15 is 0 Å². The third-order valence-electron chi connectivity index (χ3n) is 6.06. The van der Waals surface area contributed by atoms with Crippen molar-refractivity contribution in [2.45, 2.75) is 46.2 Å². The monoisotopic (exact) mass is 478 g/mol. The minimum Gasteiger partial charge on any atom is -0.346 e. The van der Waals surface area contributed by atoms with E-state index in [0.717, 1.165) is 0 Å². The lowest BCUT2D eigenvalue weighted by Crippen LogP contribution is -2.49. The number of benzene rings is 1. The van der Waals surface area contributed by atoms with Crippen LogP contribution in [0.4, 0.5) is 0 Å². The van der Waals surface area contributed by atoms with E-state index in [9.17, 15) is 24.0 Å². The highest BCUT2D eigenvalue weighted by Crippen LogP contribution is 2.24. The second kappa shape index (κ2) is 11.0. The van der Waals surface area contributed by atoms with Gasteiger partial charge in [0.15, 0.2) is 5.78 Å². The molecule has 1 aromatic heterocycles. The van der Waals surface area contributed by atoms with Crippen LogP contribution in [0.5, 0.6) is 0 Å². The van der Waals surface area contributed by atoms with Gasteiger partial charge in [-0.1, -0.05) is 57.2 Å². The van der Waals surface area contributed by atoms with Gasteiger partial charge in [-0.05, 0) is 30.5 Å². The number of ketones is 1. The van der Waals surface area contributed by atoms with Gasteiger partial charge < -0.3 is 10.6 Å². The number of carbonyl (C=O) groups excluding carboxylic acids is 5. The van der Waals surface area contributed by atoms with Crippen molar-refractivity contribution in [3.05, 3.63) is 65.5 Å². The Hall–Kier alpha value is -3.88. The number of pyridine rings is 1. The van der Waals surface area contributed by atoms with Crippen LogP contribution in [-0.2, 0) is 19.2 Å². The number of hydrogen-bond donors (Lipinski definition) is 3. The lowest BCUT2D eigenvalue weighted by Gasteiger charge is -2.26. The molecule has 4 atom stereocenters. The predicted octanol–water partition coefficient (Wildman–Crippen LogP) is 1.87. The van der Waals surface area contributed by atoms with Crippen molar-refractivity contribution in [2.75, 3.05) is 0 Å². The summed E-state index contributed by atoms with van der Waals surface area (Å²) in [5, 5.41) is 7.76. The van der Waals surface area contributed by atoms with E-state index in [1.807, 2.05) is 6.07 Å². The average molecular weight is 479 g/mol. The van der Waals surface area contributed by atoms with Crippen LogP contribution in [0.3, 0.4) is 0 Å². The second-order valence-corrected chi connectivity index (χ2v) is 9.12. The van der Waals surface area contributed by atoms with Gasteiger partial charge in [-0.15, -0.1) is 0 Å². The lowest BCUT2D eigenvalue weighted by molar-refractivity contribution is -0.137. The molecule has 0 radical (unpaired) electrons. The first kappa shape index (κ1) is 25.7. The maximum atomic E-state index is 13.1. The Morgan fingerprint density at radius 2 is 1.66 bits per heavy atom.